The minimum absolute atomic E-state index is 0.157. The molecule has 3 heteroatoms. The first kappa shape index (κ1) is 14.4. The van der Waals surface area contributed by atoms with Crippen molar-refractivity contribution in [2.24, 2.45) is 11.1 Å². The molecule has 0 aliphatic heterocycles. The van der Waals surface area contributed by atoms with E-state index in [1.807, 2.05) is 13.8 Å². The van der Waals surface area contributed by atoms with Gasteiger partial charge in [0.05, 0.1) is 11.5 Å². The Morgan fingerprint density at radius 2 is 1.80 bits per heavy atom. The highest BCUT2D eigenvalue weighted by Crippen LogP contribution is 2.21. The highest BCUT2D eigenvalue weighted by molar-refractivity contribution is 4.91. The normalized spacial score (nSPS) is 11.7. The van der Waals surface area contributed by atoms with Gasteiger partial charge in [0.25, 0.3) is 0 Å². The smallest absolute Gasteiger partial charge is 0.0683 e. The first-order valence-electron chi connectivity index (χ1n) is 5.82. The van der Waals surface area contributed by atoms with Crippen LogP contribution in [0.15, 0.2) is 0 Å². The number of rotatable bonds is 8. The molecule has 0 rings (SSSR count). The van der Waals surface area contributed by atoms with Gasteiger partial charge in [-0.05, 0) is 59.8 Å². The first-order valence-corrected chi connectivity index (χ1v) is 5.82. The summed E-state index contributed by atoms with van der Waals surface area (Å²) in [5, 5.41) is 8.84. The van der Waals surface area contributed by atoms with Crippen LogP contribution in [-0.2, 0) is 0 Å². The van der Waals surface area contributed by atoms with Crippen LogP contribution in [0.4, 0.5) is 0 Å². The van der Waals surface area contributed by atoms with Crippen molar-refractivity contribution in [2.75, 3.05) is 26.7 Å². The molecular weight excluding hydrogens is 186 g/mol. The maximum absolute atomic E-state index is 8.84. The van der Waals surface area contributed by atoms with Gasteiger partial charge in [0.15, 0.2) is 0 Å². The Bertz CT molecular complexity index is 194. The fraction of sp³-hybridized carbons (Fsp3) is 0.917. The van der Waals surface area contributed by atoms with Crippen LogP contribution in [0, 0.1) is 16.7 Å². The fourth-order valence-corrected chi connectivity index (χ4v) is 1.48. The second kappa shape index (κ2) is 7.67. The average molecular weight is 211 g/mol. The summed E-state index contributed by atoms with van der Waals surface area (Å²) in [6, 6.07) is 2.33. The van der Waals surface area contributed by atoms with Crippen molar-refractivity contribution in [3.63, 3.8) is 0 Å². The second-order valence-corrected chi connectivity index (χ2v) is 4.90. The molecule has 15 heavy (non-hydrogen) atoms. The number of nitrogens with zero attached hydrogens (tertiary/aromatic N) is 2. The minimum atomic E-state index is -0.157. The third-order valence-corrected chi connectivity index (χ3v) is 2.64. The number of unbranched alkanes of at least 4 members (excludes halogenated alkanes) is 1. The van der Waals surface area contributed by atoms with E-state index in [4.69, 9.17) is 11.0 Å². The van der Waals surface area contributed by atoms with Crippen molar-refractivity contribution >= 4 is 0 Å². The van der Waals surface area contributed by atoms with Gasteiger partial charge in [-0.3, -0.25) is 0 Å². The highest BCUT2D eigenvalue weighted by Gasteiger charge is 2.15. The molecule has 0 aromatic carbocycles. The Hall–Kier alpha value is -0.590. The van der Waals surface area contributed by atoms with Crippen molar-refractivity contribution < 1.29 is 0 Å². The summed E-state index contributed by atoms with van der Waals surface area (Å²) in [6.45, 7) is 6.97. The number of nitriles is 1. The summed E-state index contributed by atoms with van der Waals surface area (Å²) in [7, 11) is 2.13. The van der Waals surface area contributed by atoms with E-state index in [1.165, 1.54) is 6.42 Å². The van der Waals surface area contributed by atoms with Crippen LogP contribution >= 0.6 is 0 Å². The maximum atomic E-state index is 8.84. The Balaban J connectivity index is 3.43. The van der Waals surface area contributed by atoms with E-state index in [-0.39, 0.29) is 5.41 Å². The molecule has 0 amide bonds. The molecule has 0 heterocycles. The van der Waals surface area contributed by atoms with Crippen molar-refractivity contribution in [2.45, 2.75) is 39.5 Å². The summed E-state index contributed by atoms with van der Waals surface area (Å²) in [4.78, 5) is 2.31. The average Bonchev–Trinajstić information content (AvgIpc) is 2.21. The van der Waals surface area contributed by atoms with Gasteiger partial charge in [0.1, 0.15) is 0 Å². The van der Waals surface area contributed by atoms with Gasteiger partial charge in [-0.15, -0.1) is 0 Å². The van der Waals surface area contributed by atoms with Gasteiger partial charge in [-0.1, -0.05) is 6.42 Å². The van der Waals surface area contributed by atoms with E-state index >= 15 is 0 Å². The molecule has 88 valence electrons. The van der Waals surface area contributed by atoms with E-state index < -0.39 is 0 Å². The van der Waals surface area contributed by atoms with E-state index in [0.29, 0.717) is 0 Å². The van der Waals surface area contributed by atoms with Crippen LogP contribution in [0.5, 0.6) is 0 Å². The van der Waals surface area contributed by atoms with E-state index in [2.05, 4.69) is 18.0 Å². The Morgan fingerprint density at radius 1 is 1.20 bits per heavy atom. The third kappa shape index (κ3) is 8.41. The third-order valence-electron chi connectivity index (χ3n) is 2.64. The molecule has 0 atom stereocenters. The molecule has 0 unspecified atom stereocenters. The van der Waals surface area contributed by atoms with Crippen LogP contribution < -0.4 is 5.73 Å². The molecule has 0 spiro atoms. The molecule has 0 radical (unpaired) electrons. The molecule has 0 aliphatic carbocycles. The summed E-state index contributed by atoms with van der Waals surface area (Å²) < 4.78 is 0. The van der Waals surface area contributed by atoms with E-state index in [9.17, 15) is 0 Å². The number of nitrogens with two attached hydrogens (primary N) is 1. The topological polar surface area (TPSA) is 53.0 Å². The lowest BCUT2D eigenvalue weighted by Gasteiger charge is -2.18. The highest BCUT2D eigenvalue weighted by atomic mass is 15.1. The second-order valence-electron chi connectivity index (χ2n) is 4.90. The van der Waals surface area contributed by atoms with E-state index in [1.54, 1.807) is 0 Å². The lowest BCUT2D eigenvalue weighted by molar-refractivity contribution is 0.312. The lowest BCUT2D eigenvalue weighted by atomic mass is 9.89. The molecule has 0 aromatic rings. The lowest BCUT2D eigenvalue weighted by Crippen LogP contribution is -2.23. The number of hydrogen-bond acceptors (Lipinski definition) is 3. The summed E-state index contributed by atoms with van der Waals surface area (Å²) in [6.07, 6.45) is 4.37. The van der Waals surface area contributed by atoms with Crippen LogP contribution in [0.1, 0.15) is 39.5 Å². The predicted octanol–water partition coefficient (Wildman–Crippen LogP) is 1.99. The number of hydrogen-bond donors (Lipinski definition) is 1. The van der Waals surface area contributed by atoms with Crippen molar-refractivity contribution in [3.8, 4) is 6.07 Å². The predicted molar refractivity (Wildman–Crippen MR) is 64.4 cm³/mol. The molecular formula is C12H25N3. The maximum Gasteiger partial charge on any atom is 0.0683 e. The summed E-state index contributed by atoms with van der Waals surface area (Å²) >= 11 is 0. The van der Waals surface area contributed by atoms with Crippen molar-refractivity contribution in [1.82, 2.24) is 4.90 Å². The zero-order valence-corrected chi connectivity index (χ0v) is 10.4. The molecule has 3 nitrogen and oxygen atoms in total. The van der Waals surface area contributed by atoms with Crippen molar-refractivity contribution in [1.29, 1.82) is 5.26 Å². The van der Waals surface area contributed by atoms with Gasteiger partial charge >= 0.3 is 0 Å². The molecule has 0 aromatic heterocycles. The summed E-state index contributed by atoms with van der Waals surface area (Å²) in [5.74, 6) is 0. The Labute approximate surface area is 94.2 Å². The van der Waals surface area contributed by atoms with Crippen molar-refractivity contribution in [3.05, 3.63) is 0 Å². The van der Waals surface area contributed by atoms with Gasteiger partial charge in [-0.25, -0.2) is 0 Å². The molecule has 0 saturated heterocycles. The molecule has 0 bridgehead atoms. The minimum Gasteiger partial charge on any atom is -0.330 e. The first-order chi connectivity index (χ1) is 7.02. The zero-order valence-electron chi connectivity index (χ0n) is 10.4. The van der Waals surface area contributed by atoms with E-state index in [0.717, 1.165) is 38.9 Å². The van der Waals surface area contributed by atoms with Crippen LogP contribution in [-0.4, -0.2) is 31.6 Å². The zero-order chi connectivity index (χ0) is 11.7. The summed E-state index contributed by atoms with van der Waals surface area (Å²) in [5.41, 5.74) is 5.29. The standard InChI is InChI=1S/C12H25N3/c1-12(2,11-14)7-4-5-9-15(3)10-6-8-13/h4-10,13H2,1-3H3. The SMILES string of the molecule is CN(CCCN)CCCCC(C)(C)C#N. The van der Waals surface area contributed by atoms with Gasteiger partial charge < -0.3 is 10.6 Å². The van der Waals surface area contributed by atoms with Crippen LogP contribution in [0.2, 0.25) is 0 Å². The van der Waals surface area contributed by atoms with Crippen LogP contribution in [0.3, 0.4) is 0 Å². The molecule has 2 N–H and O–H groups in total. The Kier molecular flexibility index (Phi) is 7.37. The van der Waals surface area contributed by atoms with Crippen LogP contribution in [0.25, 0.3) is 0 Å². The van der Waals surface area contributed by atoms with Gasteiger partial charge in [0.2, 0.25) is 0 Å². The quantitative estimate of drug-likeness (QED) is 0.625. The largest absolute Gasteiger partial charge is 0.330 e. The fourth-order valence-electron chi connectivity index (χ4n) is 1.48. The monoisotopic (exact) mass is 211 g/mol. The molecule has 0 aliphatic rings. The van der Waals surface area contributed by atoms with Gasteiger partial charge in [-0.2, -0.15) is 5.26 Å². The Morgan fingerprint density at radius 3 is 2.33 bits per heavy atom. The van der Waals surface area contributed by atoms with Gasteiger partial charge in [0, 0.05) is 0 Å². The molecule has 0 fully saturated rings. The molecule has 0 saturated carbocycles.